The maximum atomic E-state index is 12.1. The zero-order valence-corrected chi connectivity index (χ0v) is 10.8. The third-order valence-electron chi connectivity index (χ3n) is 3.01. The summed E-state index contributed by atoms with van der Waals surface area (Å²) in [7, 11) is -3.21. The molecule has 1 aliphatic rings. The lowest BCUT2D eigenvalue weighted by atomic mass is 10.2. The Hall–Kier alpha value is -0.910. The second kappa shape index (κ2) is 4.76. The molecule has 1 fully saturated rings. The van der Waals surface area contributed by atoms with Crippen LogP contribution in [-0.2, 0) is 15.8 Å². The molecule has 4 nitrogen and oxygen atoms in total. The zero-order valence-electron chi connectivity index (χ0n) is 9.96. The van der Waals surface area contributed by atoms with Crippen molar-refractivity contribution in [3.63, 3.8) is 0 Å². The van der Waals surface area contributed by atoms with Crippen LogP contribution < -0.4 is 5.73 Å². The van der Waals surface area contributed by atoms with Crippen molar-refractivity contribution >= 4 is 10.0 Å². The Bertz CT molecular complexity index is 499. The fourth-order valence-electron chi connectivity index (χ4n) is 2.11. The van der Waals surface area contributed by atoms with Gasteiger partial charge >= 0.3 is 0 Å². The molecular formula is C12H18N2O2S. The van der Waals surface area contributed by atoms with Crippen molar-refractivity contribution in [1.82, 2.24) is 4.31 Å². The lowest BCUT2D eigenvalue weighted by Gasteiger charge is -2.16. The van der Waals surface area contributed by atoms with E-state index in [0.29, 0.717) is 13.1 Å². The van der Waals surface area contributed by atoms with Crippen LogP contribution in [0.15, 0.2) is 24.3 Å². The second-order valence-electron chi connectivity index (χ2n) is 4.65. The van der Waals surface area contributed by atoms with E-state index in [9.17, 15) is 8.42 Å². The van der Waals surface area contributed by atoms with Crippen LogP contribution in [0.3, 0.4) is 0 Å². The maximum absolute atomic E-state index is 12.1. The van der Waals surface area contributed by atoms with Crippen LogP contribution in [0.25, 0.3) is 0 Å². The highest BCUT2D eigenvalue weighted by atomic mass is 32.2. The van der Waals surface area contributed by atoms with Crippen molar-refractivity contribution in [2.24, 2.45) is 5.73 Å². The number of nitrogens with two attached hydrogens (primary N) is 1. The molecule has 1 heterocycles. The Morgan fingerprint density at radius 1 is 1.47 bits per heavy atom. The van der Waals surface area contributed by atoms with Gasteiger partial charge in [0, 0.05) is 19.1 Å². The standard InChI is InChI=1S/C12H18N2O2S/c1-10-3-2-4-11(7-10)9-17(15,16)14-6-5-12(13)8-14/h2-4,7,12H,5-6,8-9,13H2,1H3/t12-/m0/s1. The molecule has 0 aliphatic carbocycles. The number of benzene rings is 1. The molecule has 0 unspecified atom stereocenters. The summed E-state index contributed by atoms with van der Waals surface area (Å²) in [4.78, 5) is 0. The molecule has 1 saturated heterocycles. The Labute approximate surface area is 102 Å². The van der Waals surface area contributed by atoms with E-state index in [-0.39, 0.29) is 11.8 Å². The summed E-state index contributed by atoms with van der Waals surface area (Å²) in [5.41, 5.74) is 7.65. The lowest BCUT2D eigenvalue weighted by molar-refractivity contribution is 0.471. The monoisotopic (exact) mass is 254 g/mol. The molecule has 5 heteroatoms. The van der Waals surface area contributed by atoms with Crippen molar-refractivity contribution in [1.29, 1.82) is 0 Å². The van der Waals surface area contributed by atoms with Gasteiger partial charge in [0.2, 0.25) is 10.0 Å². The Morgan fingerprint density at radius 2 is 2.24 bits per heavy atom. The highest BCUT2D eigenvalue weighted by molar-refractivity contribution is 7.88. The Kier molecular flexibility index (Phi) is 3.51. The summed E-state index contributed by atoms with van der Waals surface area (Å²) in [5, 5.41) is 0. The number of aryl methyl sites for hydroxylation is 1. The normalized spacial score (nSPS) is 21.9. The van der Waals surface area contributed by atoms with Crippen LogP contribution in [0.2, 0.25) is 0 Å². The SMILES string of the molecule is Cc1cccc(CS(=O)(=O)N2CC[C@H](N)C2)c1. The van der Waals surface area contributed by atoms with E-state index in [1.807, 2.05) is 31.2 Å². The van der Waals surface area contributed by atoms with Gasteiger partial charge in [-0.2, -0.15) is 0 Å². The van der Waals surface area contributed by atoms with E-state index < -0.39 is 10.0 Å². The summed E-state index contributed by atoms with van der Waals surface area (Å²) < 4.78 is 25.8. The predicted octanol–water partition coefficient (Wildman–Crippen LogP) is 0.858. The molecule has 0 spiro atoms. The number of hydrogen-bond acceptors (Lipinski definition) is 3. The van der Waals surface area contributed by atoms with Crippen molar-refractivity contribution in [3.8, 4) is 0 Å². The van der Waals surface area contributed by atoms with E-state index >= 15 is 0 Å². The average molecular weight is 254 g/mol. The van der Waals surface area contributed by atoms with Gasteiger partial charge in [-0.15, -0.1) is 0 Å². The van der Waals surface area contributed by atoms with Crippen molar-refractivity contribution in [2.45, 2.75) is 25.1 Å². The summed E-state index contributed by atoms with van der Waals surface area (Å²) >= 11 is 0. The lowest BCUT2D eigenvalue weighted by Crippen LogP contribution is -2.32. The molecule has 1 atom stereocenters. The molecule has 17 heavy (non-hydrogen) atoms. The van der Waals surface area contributed by atoms with Gasteiger partial charge in [-0.3, -0.25) is 0 Å². The van der Waals surface area contributed by atoms with Gasteiger partial charge in [0.25, 0.3) is 0 Å². The van der Waals surface area contributed by atoms with Gasteiger partial charge < -0.3 is 5.73 Å². The molecule has 1 aromatic carbocycles. The molecule has 0 radical (unpaired) electrons. The Balaban J connectivity index is 2.12. The van der Waals surface area contributed by atoms with E-state index in [2.05, 4.69) is 0 Å². The summed E-state index contributed by atoms with van der Waals surface area (Å²) in [6.07, 6.45) is 0.757. The smallest absolute Gasteiger partial charge is 0.218 e. The molecule has 0 bridgehead atoms. The minimum absolute atomic E-state index is 0.0118. The molecule has 1 aliphatic heterocycles. The minimum Gasteiger partial charge on any atom is -0.326 e. The molecule has 1 aromatic rings. The summed E-state index contributed by atoms with van der Waals surface area (Å²) in [6, 6.07) is 7.59. The van der Waals surface area contributed by atoms with Crippen LogP contribution in [0.5, 0.6) is 0 Å². The van der Waals surface area contributed by atoms with Crippen LogP contribution in [0, 0.1) is 6.92 Å². The molecule has 0 aromatic heterocycles. The Morgan fingerprint density at radius 3 is 2.82 bits per heavy atom. The van der Waals surface area contributed by atoms with Crippen molar-refractivity contribution < 1.29 is 8.42 Å². The number of hydrogen-bond donors (Lipinski definition) is 1. The first kappa shape index (κ1) is 12.5. The zero-order chi connectivity index (χ0) is 12.5. The van der Waals surface area contributed by atoms with Crippen molar-refractivity contribution in [2.75, 3.05) is 13.1 Å². The second-order valence-corrected chi connectivity index (χ2v) is 6.62. The minimum atomic E-state index is -3.21. The van der Waals surface area contributed by atoms with Gasteiger partial charge in [0.05, 0.1) is 5.75 Å². The molecule has 94 valence electrons. The number of rotatable bonds is 3. The molecule has 2 rings (SSSR count). The molecular weight excluding hydrogens is 236 g/mol. The van der Waals surface area contributed by atoms with Crippen LogP contribution in [0.1, 0.15) is 17.5 Å². The summed E-state index contributed by atoms with van der Waals surface area (Å²) in [5.74, 6) is 0.0708. The van der Waals surface area contributed by atoms with E-state index in [1.54, 1.807) is 0 Å². The van der Waals surface area contributed by atoms with Crippen LogP contribution in [-0.4, -0.2) is 31.9 Å². The maximum Gasteiger partial charge on any atom is 0.218 e. The first-order valence-electron chi connectivity index (χ1n) is 5.76. The van der Waals surface area contributed by atoms with E-state index in [4.69, 9.17) is 5.73 Å². The molecule has 2 N–H and O–H groups in total. The first-order chi connectivity index (χ1) is 7.97. The van der Waals surface area contributed by atoms with Gasteiger partial charge in [0.1, 0.15) is 0 Å². The quantitative estimate of drug-likeness (QED) is 0.870. The fourth-order valence-corrected chi connectivity index (χ4v) is 3.70. The average Bonchev–Trinajstić information content (AvgIpc) is 2.65. The predicted molar refractivity (Wildman–Crippen MR) is 68.0 cm³/mol. The summed E-state index contributed by atoms with van der Waals surface area (Å²) in [6.45, 7) is 2.96. The highest BCUT2D eigenvalue weighted by Gasteiger charge is 2.29. The highest BCUT2D eigenvalue weighted by Crippen LogP contribution is 2.17. The number of nitrogens with zero attached hydrogens (tertiary/aromatic N) is 1. The third-order valence-corrected chi connectivity index (χ3v) is 4.83. The van der Waals surface area contributed by atoms with Gasteiger partial charge in [-0.25, -0.2) is 12.7 Å². The topological polar surface area (TPSA) is 63.4 Å². The van der Waals surface area contributed by atoms with Gasteiger partial charge in [0.15, 0.2) is 0 Å². The van der Waals surface area contributed by atoms with Crippen molar-refractivity contribution in [3.05, 3.63) is 35.4 Å². The van der Waals surface area contributed by atoms with E-state index in [0.717, 1.165) is 17.5 Å². The first-order valence-corrected chi connectivity index (χ1v) is 7.37. The van der Waals surface area contributed by atoms with Gasteiger partial charge in [-0.1, -0.05) is 29.8 Å². The molecule has 0 saturated carbocycles. The third kappa shape index (κ3) is 3.06. The van der Waals surface area contributed by atoms with Crippen LogP contribution >= 0.6 is 0 Å². The number of sulfonamides is 1. The van der Waals surface area contributed by atoms with E-state index in [1.165, 1.54) is 4.31 Å². The fraction of sp³-hybridized carbons (Fsp3) is 0.500. The molecule has 0 amide bonds. The largest absolute Gasteiger partial charge is 0.326 e. The van der Waals surface area contributed by atoms with Crippen LogP contribution in [0.4, 0.5) is 0 Å². The van der Waals surface area contributed by atoms with Gasteiger partial charge in [-0.05, 0) is 18.9 Å².